The summed E-state index contributed by atoms with van der Waals surface area (Å²) in [5.74, 6) is -0.415. The van der Waals surface area contributed by atoms with Crippen LogP contribution in [0.3, 0.4) is 0 Å². The van der Waals surface area contributed by atoms with Crippen molar-refractivity contribution in [3.05, 3.63) is 126 Å². The molecule has 7 nitrogen and oxygen atoms in total. The van der Waals surface area contributed by atoms with Crippen molar-refractivity contribution >= 4 is 46.9 Å². The molecule has 0 aromatic heterocycles. The van der Waals surface area contributed by atoms with E-state index < -0.39 is 11.2 Å². The van der Waals surface area contributed by atoms with Crippen LogP contribution >= 0.6 is 11.8 Å². The Hall–Kier alpha value is -4.82. The van der Waals surface area contributed by atoms with Crippen molar-refractivity contribution in [2.45, 2.75) is 30.9 Å². The number of aryl methyl sites for hydroxylation is 1. The number of carbonyl (C=O) groups is 3. The highest BCUT2D eigenvalue weighted by Gasteiger charge is 2.18. The molecule has 0 spiro atoms. The van der Waals surface area contributed by atoms with Crippen LogP contribution in [0.15, 0.2) is 114 Å². The van der Waals surface area contributed by atoms with Crippen molar-refractivity contribution in [1.82, 2.24) is 5.32 Å². The molecule has 3 amide bonds. The number of carbonyl (C=O) groups excluding carboxylic acids is 3. The van der Waals surface area contributed by atoms with Gasteiger partial charge in [-0.15, -0.1) is 11.8 Å². The lowest BCUT2D eigenvalue weighted by molar-refractivity contribution is -0.115. The number of ether oxygens (including phenoxy) is 1. The molecule has 4 aromatic carbocycles. The van der Waals surface area contributed by atoms with Crippen LogP contribution < -0.4 is 20.7 Å². The molecule has 0 radical (unpaired) electrons. The number of hydrogen-bond acceptors (Lipinski definition) is 5. The van der Waals surface area contributed by atoms with E-state index in [1.54, 1.807) is 54.6 Å². The zero-order valence-electron chi connectivity index (χ0n) is 23.7. The maximum atomic E-state index is 13.4. The van der Waals surface area contributed by atoms with Crippen LogP contribution in [0.5, 0.6) is 5.75 Å². The van der Waals surface area contributed by atoms with Gasteiger partial charge in [0.15, 0.2) is 0 Å². The van der Waals surface area contributed by atoms with Gasteiger partial charge < -0.3 is 20.7 Å². The monoisotopic (exact) mass is 579 g/mol. The number of nitrogens with one attached hydrogen (secondary N) is 3. The molecule has 3 N–H and O–H groups in total. The van der Waals surface area contributed by atoms with Crippen molar-refractivity contribution < 1.29 is 19.1 Å². The molecule has 42 heavy (non-hydrogen) atoms. The molecule has 4 rings (SSSR count). The average molecular weight is 580 g/mol. The second-order valence-electron chi connectivity index (χ2n) is 9.40. The Labute approximate surface area is 250 Å². The highest BCUT2D eigenvalue weighted by Crippen LogP contribution is 2.29. The molecule has 214 valence electrons. The zero-order chi connectivity index (χ0) is 29.9. The van der Waals surface area contributed by atoms with Gasteiger partial charge in [0.05, 0.1) is 17.5 Å². The van der Waals surface area contributed by atoms with Crippen molar-refractivity contribution in [3.63, 3.8) is 0 Å². The molecular weight excluding hydrogens is 546 g/mol. The van der Waals surface area contributed by atoms with Crippen molar-refractivity contribution in [1.29, 1.82) is 0 Å². The lowest BCUT2D eigenvalue weighted by atomic mass is 10.1. The van der Waals surface area contributed by atoms with E-state index in [-0.39, 0.29) is 17.5 Å². The summed E-state index contributed by atoms with van der Waals surface area (Å²) in [6, 6.07) is 30.9. The summed E-state index contributed by atoms with van der Waals surface area (Å²) in [5.41, 5.74) is 3.47. The number of hydrogen-bond donors (Lipinski definition) is 3. The second-order valence-corrected chi connectivity index (χ2v) is 10.8. The molecule has 1 unspecified atom stereocenters. The third-order valence-corrected chi connectivity index (χ3v) is 7.33. The van der Waals surface area contributed by atoms with Crippen molar-refractivity contribution in [3.8, 4) is 5.75 Å². The summed E-state index contributed by atoms with van der Waals surface area (Å²) in [6.45, 7) is 6.14. The molecular formula is C34H33N3O4S. The van der Waals surface area contributed by atoms with E-state index in [9.17, 15) is 14.4 Å². The van der Waals surface area contributed by atoms with Crippen LogP contribution in [0, 0.1) is 6.92 Å². The fraction of sp³-hybridized carbons (Fsp3) is 0.147. The first kappa shape index (κ1) is 30.1. The molecule has 0 aliphatic heterocycles. The number of rotatable bonds is 11. The van der Waals surface area contributed by atoms with Gasteiger partial charge in [-0.3, -0.25) is 14.4 Å². The normalized spacial score (nSPS) is 11.7. The Morgan fingerprint density at radius 3 is 2.33 bits per heavy atom. The highest BCUT2D eigenvalue weighted by molar-refractivity contribution is 8.00. The summed E-state index contributed by atoms with van der Waals surface area (Å²) in [4.78, 5) is 40.1. The van der Waals surface area contributed by atoms with E-state index >= 15 is 0 Å². The summed E-state index contributed by atoms with van der Waals surface area (Å²) in [5, 5.41) is 8.17. The van der Waals surface area contributed by atoms with E-state index in [0.717, 1.165) is 16.0 Å². The Morgan fingerprint density at radius 1 is 0.857 bits per heavy atom. The Balaban J connectivity index is 1.48. The van der Waals surface area contributed by atoms with Gasteiger partial charge in [0.2, 0.25) is 5.91 Å². The minimum Gasteiger partial charge on any atom is -0.492 e. The summed E-state index contributed by atoms with van der Waals surface area (Å²) >= 11 is 1.36. The van der Waals surface area contributed by atoms with E-state index in [1.807, 2.05) is 75.4 Å². The molecule has 0 aliphatic carbocycles. The van der Waals surface area contributed by atoms with E-state index in [2.05, 4.69) is 16.0 Å². The van der Waals surface area contributed by atoms with Crippen LogP contribution in [0.25, 0.3) is 6.08 Å². The molecule has 8 heteroatoms. The van der Waals surface area contributed by atoms with Crippen LogP contribution in [0.1, 0.15) is 35.3 Å². The molecule has 1 atom stereocenters. The first-order valence-corrected chi connectivity index (χ1v) is 14.5. The summed E-state index contributed by atoms with van der Waals surface area (Å²) in [7, 11) is 0. The first-order valence-electron chi connectivity index (χ1n) is 13.6. The molecule has 0 saturated carbocycles. The van der Waals surface area contributed by atoms with Gasteiger partial charge in [0.1, 0.15) is 11.4 Å². The topological polar surface area (TPSA) is 96.5 Å². The van der Waals surface area contributed by atoms with Gasteiger partial charge in [-0.1, -0.05) is 60.7 Å². The van der Waals surface area contributed by atoms with E-state index in [1.165, 1.54) is 11.8 Å². The smallest absolute Gasteiger partial charge is 0.272 e. The molecule has 0 heterocycles. The van der Waals surface area contributed by atoms with Crippen LogP contribution in [0.2, 0.25) is 0 Å². The minimum absolute atomic E-state index is 0.108. The third kappa shape index (κ3) is 8.34. The number of anilines is 2. The first-order chi connectivity index (χ1) is 20.3. The molecule has 0 saturated heterocycles. The fourth-order valence-electron chi connectivity index (χ4n) is 4.04. The number of amides is 3. The predicted molar refractivity (Wildman–Crippen MR) is 170 cm³/mol. The standard InChI is InChI=1S/C34H33N3O4S/c1-4-41-31-20-11-10-19-29(31)36-32(38)24(3)42-28-18-12-17-27(22-28)35-34(40)30(21-26-16-9-8-13-23(26)2)37-33(39)25-14-6-5-7-15-25/h5-22,24H,4H2,1-3H3,(H,35,40)(H,36,38)(H,37,39)/b30-21-. The van der Waals surface area contributed by atoms with Gasteiger partial charge in [-0.2, -0.15) is 0 Å². The lowest BCUT2D eigenvalue weighted by Crippen LogP contribution is -2.30. The van der Waals surface area contributed by atoms with Crippen LogP contribution in [-0.2, 0) is 9.59 Å². The third-order valence-electron chi connectivity index (χ3n) is 6.24. The summed E-state index contributed by atoms with van der Waals surface area (Å²) < 4.78 is 5.61. The van der Waals surface area contributed by atoms with E-state index in [0.29, 0.717) is 29.3 Å². The van der Waals surface area contributed by atoms with Crippen LogP contribution in [0.4, 0.5) is 11.4 Å². The maximum absolute atomic E-state index is 13.4. The van der Waals surface area contributed by atoms with Gasteiger partial charge in [-0.05, 0) is 80.4 Å². The molecule has 0 aliphatic rings. The van der Waals surface area contributed by atoms with Gasteiger partial charge in [0.25, 0.3) is 11.8 Å². The lowest BCUT2D eigenvalue weighted by Gasteiger charge is -2.15. The van der Waals surface area contributed by atoms with Gasteiger partial charge >= 0.3 is 0 Å². The van der Waals surface area contributed by atoms with Crippen LogP contribution in [-0.4, -0.2) is 29.6 Å². The van der Waals surface area contributed by atoms with Gasteiger partial charge in [0, 0.05) is 16.1 Å². The van der Waals surface area contributed by atoms with Gasteiger partial charge in [-0.25, -0.2) is 0 Å². The largest absolute Gasteiger partial charge is 0.492 e. The second kappa shape index (κ2) is 14.7. The zero-order valence-corrected chi connectivity index (χ0v) is 24.5. The van der Waals surface area contributed by atoms with Crippen molar-refractivity contribution in [2.75, 3.05) is 17.2 Å². The molecule has 0 fully saturated rings. The minimum atomic E-state index is -0.469. The fourth-order valence-corrected chi connectivity index (χ4v) is 4.96. The SMILES string of the molecule is CCOc1ccccc1NC(=O)C(C)Sc1cccc(NC(=O)/C(=C/c2ccccc2C)NC(=O)c2ccccc2)c1. The quantitative estimate of drug-likeness (QED) is 0.132. The Morgan fingerprint density at radius 2 is 1.57 bits per heavy atom. The Kier molecular flexibility index (Phi) is 10.6. The number of benzene rings is 4. The number of para-hydroxylation sites is 2. The summed E-state index contributed by atoms with van der Waals surface area (Å²) in [6.07, 6.45) is 1.66. The molecule has 4 aromatic rings. The predicted octanol–water partition coefficient (Wildman–Crippen LogP) is 6.92. The maximum Gasteiger partial charge on any atom is 0.272 e. The molecule has 0 bridgehead atoms. The average Bonchev–Trinajstić information content (AvgIpc) is 2.99. The number of thioether (sulfide) groups is 1. The van der Waals surface area contributed by atoms with Crippen molar-refractivity contribution in [2.24, 2.45) is 0 Å². The van der Waals surface area contributed by atoms with E-state index in [4.69, 9.17) is 4.74 Å². The Bertz CT molecular complexity index is 1590. The highest BCUT2D eigenvalue weighted by atomic mass is 32.2.